The summed E-state index contributed by atoms with van der Waals surface area (Å²) >= 11 is 0. The Labute approximate surface area is 106 Å². The fourth-order valence-corrected chi connectivity index (χ4v) is 1.44. The molecule has 0 spiro atoms. The van der Waals surface area contributed by atoms with Gasteiger partial charge in [0.1, 0.15) is 18.9 Å². The van der Waals surface area contributed by atoms with Gasteiger partial charge in [0.2, 0.25) is 0 Å². The summed E-state index contributed by atoms with van der Waals surface area (Å²) in [5.74, 6) is 0.284. The molecule has 0 bridgehead atoms. The van der Waals surface area contributed by atoms with Crippen LogP contribution in [-0.2, 0) is 16.1 Å². The van der Waals surface area contributed by atoms with Crippen LogP contribution in [0.4, 0.5) is 0 Å². The van der Waals surface area contributed by atoms with E-state index in [4.69, 9.17) is 4.74 Å². The van der Waals surface area contributed by atoms with Crippen molar-refractivity contribution in [3.8, 4) is 0 Å². The number of aliphatic imine (C=N–C) groups is 1. The van der Waals surface area contributed by atoms with Crippen LogP contribution in [-0.4, -0.2) is 11.8 Å². The molecule has 0 unspecified atom stereocenters. The van der Waals surface area contributed by atoms with Crippen molar-refractivity contribution in [3.05, 3.63) is 60.4 Å². The second-order valence-corrected chi connectivity index (χ2v) is 3.74. The minimum atomic E-state index is -0.297. The highest BCUT2D eigenvalue weighted by atomic mass is 16.5. The topological polar surface area (TPSA) is 50.7 Å². The molecule has 0 aromatic heterocycles. The number of hydrogen-bond acceptors (Lipinski definition) is 4. The van der Waals surface area contributed by atoms with Gasteiger partial charge in [-0.3, -0.25) is 4.79 Å². The summed E-state index contributed by atoms with van der Waals surface area (Å²) in [6, 6.07) is 9.58. The monoisotopic (exact) mass is 242 g/mol. The summed E-state index contributed by atoms with van der Waals surface area (Å²) < 4.78 is 5.16. The average Bonchev–Trinajstić information content (AvgIpc) is 2.66. The van der Waals surface area contributed by atoms with Gasteiger partial charge in [0.25, 0.3) is 0 Å². The SMILES string of the molecule is O=C(CC1=NC=CC=CN1)OCc1ccccc1. The highest BCUT2D eigenvalue weighted by Crippen LogP contribution is 2.02. The summed E-state index contributed by atoms with van der Waals surface area (Å²) in [6.45, 7) is 0.290. The highest BCUT2D eigenvalue weighted by molar-refractivity contribution is 5.98. The van der Waals surface area contributed by atoms with Gasteiger partial charge in [-0.15, -0.1) is 0 Å². The number of allylic oxidation sites excluding steroid dienone is 2. The van der Waals surface area contributed by atoms with Gasteiger partial charge in [0.15, 0.2) is 0 Å². The van der Waals surface area contributed by atoms with Crippen molar-refractivity contribution in [2.24, 2.45) is 4.99 Å². The number of ether oxygens (including phenoxy) is 1. The van der Waals surface area contributed by atoms with E-state index < -0.39 is 0 Å². The molecular formula is C14H14N2O2. The molecular weight excluding hydrogens is 228 g/mol. The maximum atomic E-state index is 11.6. The van der Waals surface area contributed by atoms with Crippen LogP contribution in [0.2, 0.25) is 0 Å². The Morgan fingerprint density at radius 3 is 2.89 bits per heavy atom. The van der Waals surface area contributed by atoms with Gasteiger partial charge in [0, 0.05) is 12.4 Å². The Balaban J connectivity index is 1.80. The Morgan fingerprint density at radius 2 is 2.06 bits per heavy atom. The molecule has 0 amide bonds. The van der Waals surface area contributed by atoms with Crippen LogP contribution in [0.5, 0.6) is 0 Å². The van der Waals surface area contributed by atoms with Crippen molar-refractivity contribution < 1.29 is 9.53 Å². The first-order valence-corrected chi connectivity index (χ1v) is 5.69. The number of rotatable bonds is 4. The van der Waals surface area contributed by atoms with E-state index in [9.17, 15) is 4.79 Å². The van der Waals surface area contributed by atoms with E-state index in [1.165, 1.54) is 0 Å². The molecule has 92 valence electrons. The molecule has 0 fully saturated rings. The average molecular weight is 242 g/mol. The maximum Gasteiger partial charge on any atom is 0.313 e. The molecule has 0 saturated carbocycles. The third-order valence-electron chi connectivity index (χ3n) is 2.33. The van der Waals surface area contributed by atoms with E-state index in [-0.39, 0.29) is 12.4 Å². The molecule has 2 rings (SSSR count). The van der Waals surface area contributed by atoms with Crippen molar-refractivity contribution in [2.75, 3.05) is 0 Å². The number of nitrogens with one attached hydrogen (secondary N) is 1. The van der Waals surface area contributed by atoms with E-state index >= 15 is 0 Å². The Hall–Kier alpha value is -2.36. The molecule has 1 aromatic carbocycles. The zero-order valence-corrected chi connectivity index (χ0v) is 9.87. The third-order valence-corrected chi connectivity index (χ3v) is 2.33. The number of nitrogens with zero attached hydrogens (tertiary/aromatic N) is 1. The van der Waals surface area contributed by atoms with Gasteiger partial charge in [-0.2, -0.15) is 0 Å². The Bertz CT molecular complexity index is 490. The van der Waals surface area contributed by atoms with Crippen molar-refractivity contribution >= 4 is 11.8 Å². The van der Waals surface area contributed by atoms with Crippen LogP contribution in [0, 0.1) is 0 Å². The molecule has 1 aliphatic heterocycles. The van der Waals surface area contributed by atoms with Crippen molar-refractivity contribution in [3.63, 3.8) is 0 Å². The molecule has 0 radical (unpaired) electrons. The second kappa shape index (κ2) is 6.39. The van der Waals surface area contributed by atoms with Crippen LogP contribution in [0.25, 0.3) is 0 Å². The molecule has 0 atom stereocenters. The molecule has 1 heterocycles. The Morgan fingerprint density at radius 1 is 1.22 bits per heavy atom. The smallest absolute Gasteiger partial charge is 0.313 e. The predicted octanol–water partition coefficient (Wildman–Crippen LogP) is 2.15. The van der Waals surface area contributed by atoms with E-state index in [0.717, 1.165) is 5.56 Å². The van der Waals surface area contributed by atoms with Gasteiger partial charge in [0.05, 0.1) is 0 Å². The van der Waals surface area contributed by atoms with Gasteiger partial charge in [-0.05, 0) is 17.7 Å². The van der Waals surface area contributed by atoms with E-state index in [1.807, 2.05) is 36.4 Å². The van der Waals surface area contributed by atoms with Crippen molar-refractivity contribution in [1.29, 1.82) is 0 Å². The quantitative estimate of drug-likeness (QED) is 0.823. The van der Waals surface area contributed by atoms with Crippen LogP contribution in [0.3, 0.4) is 0 Å². The second-order valence-electron chi connectivity index (χ2n) is 3.74. The van der Waals surface area contributed by atoms with Crippen molar-refractivity contribution in [1.82, 2.24) is 5.32 Å². The number of carbonyl (C=O) groups excluding carboxylic acids is 1. The van der Waals surface area contributed by atoms with Crippen molar-refractivity contribution in [2.45, 2.75) is 13.0 Å². The van der Waals surface area contributed by atoms with Gasteiger partial charge in [-0.1, -0.05) is 30.3 Å². The summed E-state index contributed by atoms with van der Waals surface area (Å²) in [6.07, 6.45) is 7.10. The van der Waals surface area contributed by atoms with E-state index in [0.29, 0.717) is 12.4 Å². The van der Waals surface area contributed by atoms with E-state index in [1.54, 1.807) is 18.5 Å². The fourth-order valence-electron chi connectivity index (χ4n) is 1.44. The predicted molar refractivity (Wildman–Crippen MR) is 69.7 cm³/mol. The Kier molecular flexibility index (Phi) is 4.30. The molecule has 1 N–H and O–H groups in total. The number of esters is 1. The summed E-state index contributed by atoms with van der Waals surface area (Å²) in [5.41, 5.74) is 0.974. The normalized spacial score (nSPS) is 13.4. The minimum absolute atomic E-state index is 0.140. The summed E-state index contributed by atoms with van der Waals surface area (Å²) in [5, 5.41) is 2.92. The van der Waals surface area contributed by atoms with Gasteiger partial charge in [-0.25, -0.2) is 4.99 Å². The fraction of sp³-hybridized carbons (Fsp3) is 0.143. The lowest BCUT2D eigenvalue weighted by atomic mass is 10.2. The van der Waals surface area contributed by atoms with Gasteiger partial charge < -0.3 is 10.1 Å². The zero-order chi connectivity index (χ0) is 12.6. The molecule has 4 nitrogen and oxygen atoms in total. The molecule has 0 aliphatic carbocycles. The van der Waals surface area contributed by atoms with E-state index in [2.05, 4.69) is 10.3 Å². The third kappa shape index (κ3) is 3.90. The molecule has 18 heavy (non-hydrogen) atoms. The lowest BCUT2D eigenvalue weighted by molar-refractivity contribution is -0.143. The standard InChI is InChI=1S/C14H14N2O2/c17-14(10-13-15-8-4-5-9-16-13)18-11-12-6-2-1-3-7-12/h1-9H,10-11H2,(H,15,16). The molecule has 1 aliphatic rings. The first-order valence-electron chi connectivity index (χ1n) is 5.69. The lowest BCUT2D eigenvalue weighted by Crippen LogP contribution is -2.21. The lowest BCUT2D eigenvalue weighted by Gasteiger charge is -2.06. The zero-order valence-electron chi connectivity index (χ0n) is 9.87. The number of carbonyl (C=O) groups is 1. The van der Waals surface area contributed by atoms with Crippen LogP contribution in [0.15, 0.2) is 59.9 Å². The van der Waals surface area contributed by atoms with Crippen LogP contribution < -0.4 is 5.32 Å². The molecule has 4 heteroatoms. The largest absolute Gasteiger partial charge is 0.460 e. The molecule has 1 aromatic rings. The first-order chi connectivity index (χ1) is 8.84. The minimum Gasteiger partial charge on any atom is -0.460 e. The number of hydrogen-bond donors (Lipinski definition) is 1. The van der Waals surface area contributed by atoms with Crippen LogP contribution >= 0.6 is 0 Å². The summed E-state index contributed by atoms with van der Waals surface area (Å²) in [7, 11) is 0. The number of amidine groups is 1. The first kappa shape index (κ1) is 12.1. The number of benzene rings is 1. The van der Waals surface area contributed by atoms with Crippen LogP contribution in [0.1, 0.15) is 12.0 Å². The summed E-state index contributed by atoms with van der Waals surface area (Å²) in [4.78, 5) is 15.7. The van der Waals surface area contributed by atoms with Gasteiger partial charge >= 0.3 is 5.97 Å². The molecule has 0 saturated heterocycles. The highest BCUT2D eigenvalue weighted by Gasteiger charge is 2.08. The maximum absolute atomic E-state index is 11.6.